The quantitative estimate of drug-likeness (QED) is 0.501. The summed E-state index contributed by atoms with van der Waals surface area (Å²) >= 11 is 0. The predicted octanol–water partition coefficient (Wildman–Crippen LogP) is 4.81. The first-order valence-corrected chi connectivity index (χ1v) is 8.85. The largest absolute Gasteiger partial charge is 0.462 e. The molecular weight excluding hydrogens is 416 g/mol. The third kappa shape index (κ3) is 6.12. The van der Waals surface area contributed by atoms with E-state index in [-0.39, 0.29) is 23.4 Å². The highest BCUT2D eigenvalue weighted by Crippen LogP contribution is 2.33. The molecule has 0 aliphatic rings. The molecule has 0 aliphatic carbocycles. The molecule has 0 heterocycles. The number of nitrogens with zero attached hydrogens (tertiary/aromatic N) is 1. The second-order valence-corrected chi connectivity index (χ2v) is 6.36. The number of carbonyl (C=O) groups is 1. The lowest BCUT2D eigenvalue weighted by atomic mass is 10.1. The van der Waals surface area contributed by atoms with Gasteiger partial charge in [0.2, 0.25) is 0 Å². The Balaban J connectivity index is 2.45. The molecule has 10 heteroatoms. The van der Waals surface area contributed by atoms with Gasteiger partial charge in [-0.15, -0.1) is 0 Å². The molecule has 2 aromatic carbocycles. The first kappa shape index (κ1) is 23.5. The number of esters is 1. The molecule has 0 aliphatic heterocycles. The highest BCUT2D eigenvalue weighted by Gasteiger charge is 2.40. The van der Waals surface area contributed by atoms with Gasteiger partial charge in [0.15, 0.2) is 6.10 Å². The second kappa shape index (κ2) is 9.38. The summed E-state index contributed by atoms with van der Waals surface area (Å²) in [6.07, 6.45) is -12.5. The molecule has 1 N–H and O–H groups in total. The Morgan fingerprint density at radius 2 is 1.73 bits per heavy atom. The molecule has 0 spiro atoms. The van der Waals surface area contributed by atoms with Gasteiger partial charge in [0.1, 0.15) is 0 Å². The molecule has 0 saturated heterocycles. The standard InChI is InChI=1S/C20H19F6NO3/c1-2-30-18(29)13-7-5-8-15(10-13)27(12-17(28)20(24,25)26)11-14-6-3-4-9-16(14)19(21,22)23/h3-10,17,28H,2,11-12H2,1H3. The maximum Gasteiger partial charge on any atom is 0.416 e. The van der Waals surface area contributed by atoms with Crippen LogP contribution < -0.4 is 4.90 Å². The summed E-state index contributed by atoms with van der Waals surface area (Å²) in [5, 5.41) is 9.51. The van der Waals surface area contributed by atoms with E-state index in [0.717, 1.165) is 17.0 Å². The van der Waals surface area contributed by atoms with E-state index >= 15 is 0 Å². The summed E-state index contributed by atoms with van der Waals surface area (Å²) in [5.74, 6) is -0.730. The fourth-order valence-electron chi connectivity index (χ4n) is 2.76. The molecule has 30 heavy (non-hydrogen) atoms. The second-order valence-electron chi connectivity index (χ2n) is 6.36. The van der Waals surface area contributed by atoms with Crippen LogP contribution in [0.4, 0.5) is 32.0 Å². The number of hydrogen-bond donors (Lipinski definition) is 1. The molecule has 0 saturated carbocycles. The molecule has 164 valence electrons. The Morgan fingerprint density at radius 3 is 2.33 bits per heavy atom. The molecule has 0 bridgehead atoms. The molecule has 0 aromatic heterocycles. The highest BCUT2D eigenvalue weighted by molar-refractivity contribution is 5.90. The Hall–Kier alpha value is -2.75. The van der Waals surface area contributed by atoms with Crippen LogP contribution in [0.1, 0.15) is 28.4 Å². The molecule has 2 rings (SSSR count). The van der Waals surface area contributed by atoms with Crippen LogP contribution in [0, 0.1) is 0 Å². The van der Waals surface area contributed by atoms with Crippen LogP contribution in [0.3, 0.4) is 0 Å². The van der Waals surface area contributed by atoms with Crippen molar-refractivity contribution in [1.29, 1.82) is 0 Å². The Labute approximate surface area is 168 Å². The first-order chi connectivity index (χ1) is 13.9. The molecule has 0 amide bonds. The molecule has 0 fully saturated rings. The number of carbonyl (C=O) groups excluding carboxylic acids is 1. The molecule has 0 radical (unpaired) electrons. The van der Waals surface area contributed by atoms with Crippen molar-refractivity contribution in [3.8, 4) is 0 Å². The van der Waals surface area contributed by atoms with Gasteiger partial charge in [-0.25, -0.2) is 4.79 Å². The maximum atomic E-state index is 13.3. The van der Waals surface area contributed by atoms with E-state index in [0.29, 0.717) is 0 Å². The van der Waals surface area contributed by atoms with Crippen LogP contribution in [0.5, 0.6) is 0 Å². The van der Waals surface area contributed by atoms with Gasteiger partial charge in [0.05, 0.1) is 24.3 Å². The van der Waals surface area contributed by atoms with Crippen LogP contribution >= 0.6 is 0 Å². The topological polar surface area (TPSA) is 49.8 Å². The zero-order valence-electron chi connectivity index (χ0n) is 15.8. The monoisotopic (exact) mass is 435 g/mol. The van der Waals surface area contributed by atoms with Gasteiger partial charge in [-0.3, -0.25) is 0 Å². The molecular formula is C20H19F6NO3. The zero-order valence-corrected chi connectivity index (χ0v) is 15.8. The summed E-state index contributed by atoms with van der Waals surface area (Å²) in [7, 11) is 0. The highest BCUT2D eigenvalue weighted by atomic mass is 19.4. The van der Waals surface area contributed by atoms with E-state index in [1.807, 2.05) is 0 Å². The van der Waals surface area contributed by atoms with Gasteiger partial charge in [0, 0.05) is 12.2 Å². The van der Waals surface area contributed by atoms with Crippen LogP contribution in [-0.2, 0) is 17.5 Å². The number of aliphatic hydroxyl groups excluding tert-OH is 1. The number of rotatable bonds is 7. The number of halogens is 6. The minimum atomic E-state index is -4.97. The van der Waals surface area contributed by atoms with Crippen LogP contribution in [0.25, 0.3) is 0 Å². The molecule has 1 atom stereocenters. The van der Waals surface area contributed by atoms with E-state index in [2.05, 4.69) is 0 Å². The average Bonchev–Trinajstić information content (AvgIpc) is 2.66. The third-order valence-corrected chi connectivity index (χ3v) is 4.18. The van der Waals surface area contributed by atoms with Gasteiger partial charge in [0.25, 0.3) is 0 Å². The van der Waals surface area contributed by atoms with Crippen molar-refractivity contribution in [2.45, 2.75) is 31.9 Å². The van der Waals surface area contributed by atoms with Crippen molar-refractivity contribution in [3.63, 3.8) is 0 Å². The number of benzene rings is 2. The lowest BCUT2D eigenvalue weighted by molar-refractivity contribution is -0.200. The van der Waals surface area contributed by atoms with Crippen LogP contribution in [-0.4, -0.2) is 36.5 Å². The maximum absolute atomic E-state index is 13.3. The number of alkyl halides is 6. The summed E-state index contributed by atoms with van der Waals surface area (Å²) in [5.41, 5.74) is -1.23. The summed E-state index contributed by atoms with van der Waals surface area (Å²) in [4.78, 5) is 12.9. The van der Waals surface area contributed by atoms with E-state index < -0.39 is 43.1 Å². The van der Waals surface area contributed by atoms with Crippen molar-refractivity contribution < 1.29 is 41.0 Å². The number of aliphatic hydroxyl groups is 1. The van der Waals surface area contributed by atoms with Crippen LogP contribution in [0.2, 0.25) is 0 Å². The van der Waals surface area contributed by atoms with Crippen molar-refractivity contribution >= 4 is 11.7 Å². The number of anilines is 1. The van der Waals surface area contributed by atoms with Gasteiger partial charge in [-0.1, -0.05) is 24.3 Å². The van der Waals surface area contributed by atoms with Gasteiger partial charge in [-0.2, -0.15) is 26.3 Å². The summed E-state index contributed by atoms with van der Waals surface area (Å²) in [6, 6.07) is 9.74. The zero-order chi connectivity index (χ0) is 22.5. The smallest absolute Gasteiger partial charge is 0.416 e. The first-order valence-electron chi connectivity index (χ1n) is 8.85. The van der Waals surface area contributed by atoms with Crippen molar-refractivity contribution in [2.24, 2.45) is 0 Å². The predicted molar refractivity (Wildman–Crippen MR) is 97.0 cm³/mol. The molecule has 1 unspecified atom stereocenters. The SMILES string of the molecule is CCOC(=O)c1cccc(N(Cc2ccccc2C(F)(F)F)CC(O)C(F)(F)F)c1. The Bertz CT molecular complexity index is 866. The van der Waals surface area contributed by atoms with E-state index in [1.54, 1.807) is 6.92 Å². The summed E-state index contributed by atoms with van der Waals surface area (Å²) in [6.45, 7) is 0.0391. The van der Waals surface area contributed by atoms with Crippen molar-refractivity contribution in [2.75, 3.05) is 18.1 Å². The summed E-state index contributed by atoms with van der Waals surface area (Å²) < 4.78 is 83.5. The Morgan fingerprint density at radius 1 is 1.07 bits per heavy atom. The van der Waals surface area contributed by atoms with E-state index in [4.69, 9.17) is 4.74 Å². The number of ether oxygens (including phenoxy) is 1. The minimum Gasteiger partial charge on any atom is -0.462 e. The third-order valence-electron chi connectivity index (χ3n) is 4.18. The van der Waals surface area contributed by atoms with Gasteiger partial charge >= 0.3 is 18.3 Å². The fourth-order valence-corrected chi connectivity index (χ4v) is 2.76. The fraction of sp³-hybridized carbons (Fsp3) is 0.350. The lowest BCUT2D eigenvalue weighted by Crippen LogP contribution is -2.41. The van der Waals surface area contributed by atoms with E-state index in [1.165, 1.54) is 36.4 Å². The Kier molecular flexibility index (Phi) is 7.35. The lowest BCUT2D eigenvalue weighted by Gasteiger charge is -2.29. The number of hydrogen-bond acceptors (Lipinski definition) is 4. The van der Waals surface area contributed by atoms with Crippen molar-refractivity contribution in [1.82, 2.24) is 0 Å². The van der Waals surface area contributed by atoms with Gasteiger partial charge in [-0.05, 0) is 36.8 Å². The van der Waals surface area contributed by atoms with E-state index in [9.17, 15) is 36.2 Å². The van der Waals surface area contributed by atoms with Gasteiger partial charge < -0.3 is 14.7 Å². The molecule has 2 aromatic rings. The average molecular weight is 435 g/mol. The normalized spacial score (nSPS) is 13.1. The van der Waals surface area contributed by atoms with Crippen LogP contribution in [0.15, 0.2) is 48.5 Å². The van der Waals surface area contributed by atoms with Crippen molar-refractivity contribution in [3.05, 3.63) is 65.2 Å². The minimum absolute atomic E-state index is 0.0185. The molecule has 4 nitrogen and oxygen atoms in total.